The minimum atomic E-state index is -0.605. The predicted molar refractivity (Wildman–Crippen MR) is 234 cm³/mol. The molecule has 53 heavy (non-hydrogen) atoms. The minimum Gasteiger partial charge on any atom is -0.353 e. The average molecular weight is 762 g/mol. The third-order valence-corrected chi connectivity index (χ3v) is 11.1. The van der Waals surface area contributed by atoms with Crippen molar-refractivity contribution in [2.24, 2.45) is 5.92 Å². The van der Waals surface area contributed by atoms with Gasteiger partial charge in [0, 0.05) is 31.2 Å². The molecule has 0 aromatic rings. The van der Waals surface area contributed by atoms with Gasteiger partial charge in [-0.05, 0) is 71.9 Å². The maximum atomic E-state index is 13.7. The van der Waals surface area contributed by atoms with Crippen molar-refractivity contribution in [3.05, 3.63) is 24.3 Å². The zero-order chi connectivity index (χ0) is 39.0. The molecule has 2 atom stereocenters. The van der Waals surface area contributed by atoms with Crippen LogP contribution in [0, 0.1) is 5.92 Å². The summed E-state index contributed by atoms with van der Waals surface area (Å²) in [5.41, 5.74) is 0. The van der Waals surface area contributed by atoms with E-state index >= 15 is 0 Å². The van der Waals surface area contributed by atoms with Crippen LogP contribution in [0.4, 0.5) is 0 Å². The van der Waals surface area contributed by atoms with Crippen LogP contribution in [-0.2, 0) is 14.4 Å². The Morgan fingerprint density at radius 3 is 1.58 bits per heavy atom. The van der Waals surface area contributed by atoms with Crippen molar-refractivity contribution in [3.8, 4) is 0 Å². The second-order valence-electron chi connectivity index (χ2n) is 15.7. The van der Waals surface area contributed by atoms with Crippen LogP contribution in [0.2, 0.25) is 0 Å². The average Bonchev–Trinajstić information content (AvgIpc) is 3.14. The highest BCUT2D eigenvalue weighted by atomic mass is 32.2. The fraction of sp³-hybridized carbons (Fsp3) is 0.848. The number of likely N-dealkylation sites (N-methyl/N-ethyl adjacent to an activating group) is 1. The number of hydrogen-bond acceptors (Lipinski definition) is 5. The number of thioether (sulfide) groups is 1. The summed E-state index contributed by atoms with van der Waals surface area (Å²) in [6.45, 7) is 8.02. The summed E-state index contributed by atoms with van der Waals surface area (Å²) < 4.78 is 0. The van der Waals surface area contributed by atoms with Gasteiger partial charge in [0.1, 0.15) is 6.04 Å². The van der Waals surface area contributed by atoms with E-state index in [-0.39, 0.29) is 22.8 Å². The van der Waals surface area contributed by atoms with E-state index in [0.29, 0.717) is 25.1 Å². The van der Waals surface area contributed by atoms with Crippen LogP contribution in [0.25, 0.3) is 0 Å². The Bertz CT molecular complexity index is 906. The summed E-state index contributed by atoms with van der Waals surface area (Å²) in [4.78, 5) is 41.8. The molecular weight excluding hydrogens is 675 g/mol. The van der Waals surface area contributed by atoms with Gasteiger partial charge in [0.05, 0.1) is 0 Å². The molecule has 0 aromatic heterocycles. The van der Waals surface area contributed by atoms with E-state index < -0.39 is 6.04 Å². The Hall–Kier alpha value is -1.60. The van der Waals surface area contributed by atoms with Gasteiger partial charge in [0.2, 0.25) is 11.8 Å². The highest BCUT2D eigenvalue weighted by Crippen LogP contribution is 2.21. The first-order chi connectivity index (χ1) is 25.8. The second kappa shape index (κ2) is 40.1. The number of nitrogens with zero attached hydrogens (tertiary/aromatic N) is 1. The lowest BCUT2D eigenvalue weighted by Crippen LogP contribution is -2.49. The first-order valence-electron chi connectivity index (χ1n) is 22.5. The summed E-state index contributed by atoms with van der Waals surface area (Å²) in [6.07, 6.45) is 42.2. The molecule has 7 heteroatoms. The first-order valence-corrected chi connectivity index (χ1v) is 23.5. The van der Waals surface area contributed by atoms with Gasteiger partial charge in [0.25, 0.3) is 0 Å². The summed E-state index contributed by atoms with van der Waals surface area (Å²) in [7, 11) is 3.97. The first kappa shape index (κ1) is 51.4. The molecule has 0 aliphatic carbocycles. The zero-order valence-electron chi connectivity index (χ0n) is 35.7. The van der Waals surface area contributed by atoms with Crippen LogP contribution >= 0.6 is 11.8 Å². The van der Waals surface area contributed by atoms with Crippen molar-refractivity contribution in [3.63, 3.8) is 0 Å². The molecule has 0 heterocycles. The molecule has 0 aromatic carbocycles. The number of nitrogens with one attached hydrogen (secondary N) is 2. The maximum absolute atomic E-state index is 13.7. The Balaban J connectivity index is 4.76. The molecule has 2 unspecified atom stereocenters. The van der Waals surface area contributed by atoms with E-state index in [1.807, 2.05) is 19.0 Å². The molecule has 0 saturated carbocycles. The van der Waals surface area contributed by atoms with Gasteiger partial charge in [0.15, 0.2) is 5.12 Å². The van der Waals surface area contributed by atoms with Crippen molar-refractivity contribution >= 4 is 28.7 Å². The Morgan fingerprint density at radius 2 is 1.04 bits per heavy atom. The van der Waals surface area contributed by atoms with Crippen molar-refractivity contribution < 1.29 is 14.4 Å². The number of unbranched alkanes of at least 4 members (excludes halogenated alkanes) is 20. The van der Waals surface area contributed by atoms with Crippen molar-refractivity contribution in [1.82, 2.24) is 15.5 Å². The molecule has 0 rings (SSSR count). The lowest BCUT2D eigenvalue weighted by molar-refractivity contribution is -0.131. The van der Waals surface area contributed by atoms with Crippen molar-refractivity contribution in [2.45, 2.75) is 213 Å². The molecule has 0 spiro atoms. The highest BCUT2D eigenvalue weighted by Gasteiger charge is 2.25. The van der Waals surface area contributed by atoms with E-state index in [9.17, 15) is 14.4 Å². The third kappa shape index (κ3) is 35.8. The normalized spacial score (nSPS) is 12.9. The lowest BCUT2D eigenvalue weighted by atomic mass is 9.93. The highest BCUT2D eigenvalue weighted by molar-refractivity contribution is 8.13. The zero-order valence-corrected chi connectivity index (χ0v) is 36.5. The van der Waals surface area contributed by atoms with Gasteiger partial charge < -0.3 is 15.5 Å². The van der Waals surface area contributed by atoms with Crippen LogP contribution in [-0.4, -0.2) is 60.8 Å². The summed E-state index contributed by atoms with van der Waals surface area (Å²) >= 11 is 1.33. The Morgan fingerprint density at radius 1 is 0.566 bits per heavy atom. The van der Waals surface area contributed by atoms with Gasteiger partial charge in [-0.2, -0.15) is 0 Å². The number of allylic oxidation sites excluding steroid dienone is 4. The van der Waals surface area contributed by atoms with E-state index in [1.165, 1.54) is 134 Å². The van der Waals surface area contributed by atoms with Gasteiger partial charge in [-0.25, -0.2) is 0 Å². The summed E-state index contributed by atoms with van der Waals surface area (Å²) in [5.74, 6) is 0.389. The molecule has 0 fully saturated rings. The monoisotopic (exact) mass is 762 g/mol. The summed E-state index contributed by atoms with van der Waals surface area (Å²) in [5, 5.41) is 6.40. The largest absolute Gasteiger partial charge is 0.353 e. The molecule has 310 valence electrons. The number of amides is 2. The van der Waals surface area contributed by atoms with E-state index in [4.69, 9.17) is 0 Å². The fourth-order valence-electron chi connectivity index (χ4n) is 6.63. The van der Waals surface area contributed by atoms with Crippen molar-refractivity contribution in [2.75, 3.05) is 32.9 Å². The topological polar surface area (TPSA) is 78.5 Å². The van der Waals surface area contributed by atoms with Gasteiger partial charge in [-0.3, -0.25) is 14.4 Å². The SMILES string of the molecule is CCCCC/C=C\C/C=C\CCCCCCCC(=O)SCCC(NC(=O)C(CCCCCCCC)CCCCCCCCCC)C(=O)NCCN(C)C. The maximum Gasteiger partial charge on any atom is 0.242 e. The van der Waals surface area contributed by atoms with Crippen LogP contribution in [0.1, 0.15) is 207 Å². The van der Waals surface area contributed by atoms with Crippen LogP contribution in [0.15, 0.2) is 24.3 Å². The minimum absolute atomic E-state index is 0.0238. The van der Waals surface area contributed by atoms with E-state index in [2.05, 4.69) is 55.7 Å². The standard InChI is InChI=1S/C46H87N3O3S/c1-6-9-12-15-18-20-21-22-23-24-25-26-28-31-34-37-44(50)53-41-38-43(46(52)47-39-40-49(4)5)48-45(51)42(35-32-29-17-14-11-8-3)36-33-30-27-19-16-13-10-7-2/h18,20,22-23,42-43H,6-17,19,21,24-41H2,1-5H3,(H,47,52)(H,48,51)/b20-18-,23-22-. The molecule has 2 N–H and O–H groups in total. The molecule has 0 aliphatic heterocycles. The van der Waals surface area contributed by atoms with Crippen LogP contribution in [0.3, 0.4) is 0 Å². The number of carbonyl (C=O) groups is 3. The predicted octanol–water partition coefficient (Wildman–Crippen LogP) is 12.5. The number of hydrogen-bond donors (Lipinski definition) is 2. The summed E-state index contributed by atoms with van der Waals surface area (Å²) in [6, 6.07) is -0.605. The molecule has 0 saturated heterocycles. The quantitative estimate of drug-likeness (QED) is 0.0482. The van der Waals surface area contributed by atoms with Gasteiger partial charge in [-0.15, -0.1) is 0 Å². The van der Waals surface area contributed by atoms with Crippen LogP contribution in [0.5, 0.6) is 0 Å². The smallest absolute Gasteiger partial charge is 0.242 e. The molecule has 0 radical (unpaired) electrons. The van der Waals surface area contributed by atoms with Gasteiger partial charge in [-0.1, -0.05) is 179 Å². The van der Waals surface area contributed by atoms with Crippen LogP contribution < -0.4 is 10.6 Å². The fourth-order valence-corrected chi connectivity index (χ4v) is 7.50. The van der Waals surface area contributed by atoms with Gasteiger partial charge >= 0.3 is 0 Å². The molecule has 0 aliphatic rings. The lowest BCUT2D eigenvalue weighted by Gasteiger charge is -2.23. The molecular formula is C46H87N3O3S. The Labute approximate surface area is 333 Å². The second-order valence-corrected chi connectivity index (χ2v) is 16.8. The van der Waals surface area contributed by atoms with E-state index in [1.54, 1.807) is 0 Å². The number of carbonyl (C=O) groups excluding carboxylic acids is 3. The molecule has 6 nitrogen and oxygen atoms in total. The number of rotatable bonds is 39. The van der Waals surface area contributed by atoms with Crippen molar-refractivity contribution in [1.29, 1.82) is 0 Å². The third-order valence-electron chi connectivity index (χ3n) is 10.2. The Kier molecular flexibility index (Phi) is 38.9. The van der Waals surface area contributed by atoms with E-state index in [0.717, 1.165) is 57.9 Å². The molecule has 0 bridgehead atoms. The molecule has 2 amide bonds.